The number of hydrogen-bond acceptors (Lipinski definition) is 4. The molecule has 0 saturated heterocycles. The van der Waals surface area contributed by atoms with Gasteiger partial charge in [0.15, 0.2) is 0 Å². The standard InChI is InChI=1S/C41H71NO4.3C2H6/c1-3-5-7-9-11-13-15-16-17-18-19-20-21-23-25-29-33-45-36-37(46-34-30-26-24-22-14-12-10-8-6-4-2)35-42-40(43)38-31-27-28-32-39(38)41(42)44;3*1-2/h27-28,31-32,37H,3-26,29-30,33-36H2,1-2H3;3*1-2H3. The highest BCUT2D eigenvalue weighted by Gasteiger charge is 2.36. The fourth-order valence-corrected chi connectivity index (χ4v) is 6.57. The topological polar surface area (TPSA) is 55.8 Å². The van der Waals surface area contributed by atoms with Crippen LogP contribution in [-0.2, 0) is 9.47 Å². The van der Waals surface area contributed by atoms with Gasteiger partial charge in [-0.3, -0.25) is 14.5 Å². The fourth-order valence-electron chi connectivity index (χ4n) is 6.57. The molecule has 1 aliphatic heterocycles. The number of carbonyl (C=O) groups is 2. The predicted octanol–water partition coefficient (Wildman–Crippen LogP) is 14.9. The SMILES string of the molecule is CC.CC.CC.CCCCCCCCCCCCCCCCCCOCC(CN1C(=O)c2ccccc2C1=O)OCCCCCCCCCCCC. The van der Waals surface area contributed by atoms with E-state index in [0.29, 0.717) is 30.9 Å². The van der Waals surface area contributed by atoms with Gasteiger partial charge in [0, 0.05) is 13.2 Å². The lowest BCUT2D eigenvalue weighted by molar-refractivity contribution is -0.0286. The van der Waals surface area contributed by atoms with Crippen LogP contribution >= 0.6 is 0 Å². The summed E-state index contributed by atoms with van der Waals surface area (Å²) in [6, 6.07) is 7.10. The van der Waals surface area contributed by atoms with Crippen LogP contribution in [0.2, 0.25) is 0 Å². The van der Waals surface area contributed by atoms with Gasteiger partial charge in [-0.1, -0.05) is 222 Å². The quantitative estimate of drug-likeness (QED) is 0.0533. The van der Waals surface area contributed by atoms with Gasteiger partial charge in [-0.25, -0.2) is 0 Å². The number of unbranched alkanes of at least 4 members (excludes halogenated alkanes) is 24. The molecule has 1 atom stereocenters. The molecule has 1 heterocycles. The molecule has 0 fully saturated rings. The number of ether oxygens (including phenoxy) is 2. The third kappa shape index (κ3) is 27.8. The first-order valence-corrected chi connectivity index (χ1v) is 22.8. The van der Waals surface area contributed by atoms with Crippen molar-refractivity contribution in [3.05, 3.63) is 35.4 Å². The fraction of sp³-hybridized carbons (Fsp3) is 0.830. The van der Waals surface area contributed by atoms with Gasteiger partial charge in [-0.2, -0.15) is 0 Å². The van der Waals surface area contributed by atoms with Crippen molar-refractivity contribution in [3.8, 4) is 0 Å². The van der Waals surface area contributed by atoms with Gasteiger partial charge < -0.3 is 9.47 Å². The van der Waals surface area contributed by atoms with Crippen LogP contribution in [0.1, 0.15) is 243 Å². The minimum Gasteiger partial charge on any atom is -0.379 e. The summed E-state index contributed by atoms with van der Waals surface area (Å²) < 4.78 is 12.3. The van der Waals surface area contributed by atoms with E-state index >= 15 is 0 Å². The molecule has 1 aromatic rings. The third-order valence-electron chi connectivity index (χ3n) is 9.56. The van der Waals surface area contributed by atoms with Gasteiger partial charge >= 0.3 is 0 Å². The normalized spacial score (nSPS) is 12.3. The number of benzene rings is 1. The lowest BCUT2D eigenvalue weighted by atomic mass is 10.0. The largest absolute Gasteiger partial charge is 0.379 e. The summed E-state index contributed by atoms with van der Waals surface area (Å²) in [5, 5.41) is 0. The second kappa shape index (κ2) is 42.0. The Morgan fingerprint density at radius 1 is 0.462 bits per heavy atom. The van der Waals surface area contributed by atoms with E-state index in [2.05, 4.69) is 13.8 Å². The van der Waals surface area contributed by atoms with E-state index < -0.39 is 0 Å². The summed E-state index contributed by atoms with van der Waals surface area (Å²) in [6.07, 6.45) is 34.2. The molecule has 0 spiro atoms. The number of rotatable bonds is 33. The molecule has 306 valence electrons. The highest BCUT2D eigenvalue weighted by Crippen LogP contribution is 2.23. The summed E-state index contributed by atoms with van der Waals surface area (Å²) >= 11 is 0. The van der Waals surface area contributed by atoms with E-state index in [1.807, 2.05) is 53.7 Å². The second-order valence-corrected chi connectivity index (χ2v) is 13.8. The Morgan fingerprint density at radius 2 is 0.769 bits per heavy atom. The summed E-state index contributed by atoms with van der Waals surface area (Å²) in [7, 11) is 0. The molecular formula is C47H89NO4. The Balaban J connectivity index is 0. The maximum absolute atomic E-state index is 13.0. The van der Waals surface area contributed by atoms with Gasteiger partial charge in [0.05, 0.1) is 30.4 Å². The average Bonchev–Trinajstić information content (AvgIpc) is 3.43. The Kier molecular flexibility index (Phi) is 42.3. The van der Waals surface area contributed by atoms with Crippen LogP contribution in [0.4, 0.5) is 0 Å². The van der Waals surface area contributed by atoms with Crippen molar-refractivity contribution in [1.82, 2.24) is 4.90 Å². The average molecular weight is 732 g/mol. The molecule has 0 aromatic heterocycles. The summed E-state index contributed by atoms with van der Waals surface area (Å²) in [5.41, 5.74) is 0.991. The third-order valence-corrected chi connectivity index (χ3v) is 9.56. The summed E-state index contributed by atoms with van der Waals surface area (Å²) in [5.74, 6) is -0.433. The van der Waals surface area contributed by atoms with Gasteiger partial charge in [-0.05, 0) is 25.0 Å². The first kappa shape index (κ1) is 52.4. The van der Waals surface area contributed by atoms with E-state index in [9.17, 15) is 9.59 Å². The lowest BCUT2D eigenvalue weighted by Gasteiger charge is -2.23. The van der Waals surface area contributed by atoms with Crippen molar-refractivity contribution >= 4 is 11.8 Å². The molecule has 1 aliphatic rings. The van der Waals surface area contributed by atoms with Crippen LogP contribution in [0.5, 0.6) is 0 Å². The zero-order chi connectivity index (χ0) is 38.9. The molecule has 0 aliphatic carbocycles. The molecule has 0 N–H and O–H groups in total. The molecule has 0 bridgehead atoms. The monoisotopic (exact) mass is 732 g/mol. The molecule has 2 amide bonds. The number of fused-ring (bicyclic) bond motifs is 1. The van der Waals surface area contributed by atoms with Crippen LogP contribution in [0.3, 0.4) is 0 Å². The Bertz CT molecular complexity index is 853. The molecule has 0 radical (unpaired) electrons. The minimum absolute atomic E-state index is 0.217. The Hall–Kier alpha value is -1.72. The van der Waals surface area contributed by atoms with Crippen LogP contribution in [-0.4, -0.2) is 49.2 Å². The molecule has 1 unspecified atom stereocenters. The molecule has 1 aromatic carbocycles. The lowest BCUT2D eigenvalue weighted by Crippen LogP contribution is -2.40. The predicted molar refractivity (Wildman–Crippen MR) is 228 cm³/mol. The van der Waals surface area contributed by atoms with Crippen molar-refractivity contribution in [2.45, 2.75) is 228 Å². The Morgan fingerprint density at radius 3 is 1.12 bits per heavy atom. The van der Waals surface area contributed by atoms with Crippen LogP contribution in [0.25, 0.3) is 0 Å². The van der Waals surface area contributed by atoms with Crippen molar-refractivity contribution in [2.24, 2.45) is 0 Å². The van der Waals surface area contributed by atoms with E-state index in [4.69, 9.17) is 9.47 Å². The van der Waals surface area contributed by atoms with Crippen LogP contribution in [0.15, 0.2) is 24.3 Å². The van der Waals surface area contributed by atoms with Crippen LogP contribution in [0, 0.1) is 0 Å². The van der Waals surface area contributed by atoms with Gasteiger partial charge in [0.25, 0.3) is 11.8 Å². The van der Waals surface area contributed by atoms with E-state index in [-0.39, 0.29) is 24.5 Å². The second-order valence-electron chi connectivity index (χ2n) is 13.8. The molecule has 2 rings (SSSR count). The van der Waals surface area contributed by atoms with Crippen molar-refractivity contribution in [1.29, 1.82) is 0 Å². The maximum atomic E-state index is 13.0. The molecule has 5 nitrogen and oxygen atoms in total. The number of amides is 2. The molecule has 52 heavy (non-hydrogen) atoms. The zero-order valence-corrected chi connectivity index (χ0v) is 36.2. The first-order chi connectivity index (χ1) is 25.7. The van der Waals surface area contributed by atoms with Crippen molar-refractivity contribution in [2.75, 3.05) is 26.4 Å². The van der Waals surface area contributed by atoms with E-state index in [0.717, 1.165) is 19.3 Å². The minimum atomic E-state index is -0.290. The highest BCUT2D eigenvalue weighted by molar-refractivity contribution is 6.21. The molecule has 0 saturated carbocycles. The van der Waals surface area contributed by atoms with Crippen LogP contribution < -0.4 is 0 Å². The molecule has 5 heteroatoms. The van der Waals surface area contributed by atoms with Gasteiger partial charge in [0.2, 0.25) is 0 Å². The Labute approximate surface area is 325 Å². The van der Waals surface area contributed by atoms with Gasteiger partial charge in [-0.15, -0.1) is 0 Å². The van der Waals surface area contributed by atoms with Crippen molar-refractivity contribution in [3.63, 3.8) is 0 Å². The number of hydrogen-bond donors (Lipinski definition) is 0. The number of imide groups is 1. The number of carbonyl (C=O) groups excluding carboxylic acids is 2. The summed E-state index contributed by atoms with van der Waals surface area (Å²) in [6.45, 7) is 18.6. The maximum Gasteiger partial charge on any atom is 0.261 e. The van der Waals surface area contributed by atoms with E-state index in [1.54, 1.807) is 12.1 Å². The highest BCUT2D eigenvalue weighted by atomic mass is 16.5. The van der Waals surface area contributed by atoms with Crippen molar-refractivity contribution < 1.29 is 19.1 Å². The zero-order valence-electron chi connectivity index (χ0n) is 36.2. The summed E-state index contributed by atoms with van der Waals surface area (Å²) in [4.78, 5) is 27.3. The number of nitrogens with zero attached hydrogens (tertiary/aromatic N) is 1. The van der Waals surface area contributed by atoms with E-state index in [1.165, 1.54) is 153 Å². The molecular weight excluding hydrogens is 643 g/mol. The first-order valence-electron chi connectivity index (χ1n) is 22.8. The smallest absolute Gasteiger partial charge is 0.261 e. The van der Waals surface area contributed by atoms with Gasteiger partial charge in [0.1, 0.15) is 0 Å².